The van der Waals surface area contributed by atoms with E-state index in [1.807, 2.05) is 18.3 Å². The molecule has 3 atom stereocenters. The van der Waals surface area contributed by atoms with Gasteiger partial charge in [-0.05, 0) is 48.6 Å². The normalized spacial score (nSPS) is 27.4. The molecule has 6 heteroatoms. The lowest BCUT2D eigenvalue weighted by atomic mass is 10.0. The third kappa shape index (κ3) is 2.98. The molecule has 4 nitrogen and oxygen atoms in total. The van der Waals surface area contributed by atoms with E-state index in [-0.39, 0.29) is 18.2 Å². The first-order valence-electron chi connectivity index (χ1n) is 7.96. The summed E-state index contributed by atoms with van der Waals surface area (Å²) in [7, 11) is 0. The average Bonchev–Trinajstić information content (AvgIpc) is 3.31. The van der Waals surface area contributed by atoms with Crippen molar-refractivity contribution in [1.82, 2.24) is 15.2 Å². The SMILES string of the molecule is S=C1NC(c2ccccn2)C(c2cccs2)N1CC1CCCO1. The predicted octanol–water partition coefficient (Wildman–Crippen LogP) is 3.29. The first-order valence-corrected chi connectivity index (χ1v) is 9.25. The molecule has 0 bridgehead atoms. The zero-order valence-corrected chi connectivity index (χ0v) is 14.4. The minimum Gasteiger partial charge on any atom is -0.376 e. The van der Waals surface area contributed by atoms with Crippen molar-refractivity contribution in [2.75, 3.05) is 13.2 Å². The quantitative estimate of drug-likeness (QED) is 0.861. The van der Waals surface area contributed by atoms with E-state index in [0.717, 1.165) is 36.8 Å². The van der Waals surface area contributed by atoms with Gasteiger partial charge in [0.15, 0.2) is 5.11 Å². The van der Waals surface area contributed by atoms with Gasteiger partial charge < -0.3 is 15.0 Å². The highest BCUT2D eigenvalue weighted by atomic mass is 32.1. The van der Waals surface area contributed by atoms with E-state index < -0.39 is 0 Å². The maximum Gasteiger partial charge on any atom is 0.170 e. The van der Waals surface area contributed by atoms with Crippen LogP contribution in [0, 0.1) is 0 Å². The molecule has 4 rings (SSSR count). The molecular formula is C17H19N3OS2. The van der Waals surface area contributed by atoms with Crippen LogP contribution in [0.25, 0.3) is 0 Å². The molecular weight excluding hydrogens is 326 g/mol. The van der Waals surface area contributed by atoms with E-state index in [2.05, 4.69) is 38.8 Å². The minimum absolute atomic E-state index is 0.0868. The first kappa shape index (κ1) is 15.1. The van der Waals surface area contributed by atoms with Crippen LogP contribution in [-0.4, -0.2) is 34.3 Å². The molecule has 0 aromatic carbocycles. The van der Waals surface area contributed by atoms with Crippen molar-refractivity contribution in [3.8, 4) is 0 Å². The number of nitrogens with one attached hydrogen (secondary N) is 1. The molecule has 4 heterocycles. The Labute approximate surface area is 145 Å². The fourth-order valence-corrected chi connectivity index (χ4v) is 4.57. The molecule has 2 saturated heterocycles. The van der Waals surface area contributed by atoms with E-state index in [1.54, 1.807) is 11.3 Å². The smallest absolute Gasteiger partial charge is 0.170 e. The number of aromatic nitrogens is 1. The Bertz CT molecular complexity index is 656. The second-order valence-electron chi connectivity index (χ2n) is 5.93. The number of hydrogen-bond acceptors (Lipinski definition) is 4. The first-order chi connectivity index (χ1) is 11.3. The van der Waals surface area contributed by atoms with Gasteiger partial charge in [0.25, 0.3) is 0 Å². The molecule has 120 valence electrons. The third-order valence-corrected chi connectivity index (χ3v) is 5.75. The molecule has 0 amide bonds. The molecule has 3 unspecified atom stereocenters. The number of thiophene rings is 1. The van der Waals surface area contributed by atoms with Crippen molar-refractivity contribution in [3.05, 3.63) is 52.5 Å². The molecule has 0 saturated carbocycles. The van der Waals surface area contributed by atoms with E-state index >= 15 is 0 Å². The molecule has 0 spiro atoms. The van der Waals surface area contributed by atoms with Gasteiger partial charge in [-0.2, -0.15) is 0 Å². The van der Waals surface area contributed by atoms with Gasteiger partial charge in [0.05, 0.1) is 23.9 Å². The highest BCUT2D eigenvalue weighted by Crippen LogP contribution is 2.40. The number of hydrogen-bond donors (Lipinski definition) is 1. The Morgan fingerprint density at radius 2 is 2.30 bits per heavy atom. The van der Waals surface area contributed by atoms with Crippen molar-refractivity contribution < 1.29 is 4.74 Å². The van der Waals surface area contributed by atoms with Gasteiger partial charge in [-0.15, -0.1) is 11.3 Å². The number of pyridine rings is 1. The van der Waals surface area contributed by atoms with Crippen LogP contribution >= 0.6 is 23.6 Å². The van der Waals surface area contributed by atoms with E-state index in [0.29, 0.717) is 0 Å². The van der Waals surface area contributed by atoms with Crippen LogP contribution in [0.5, 0.6) is 0 Å². The summed E-state index contributed by atoms with van der Waals surface area (Å²) in [5, 5.41) is 6.40. The lowest BCUT2D eigenvalue weighted by molar-refractivity contribution is 0.0846. The summed E-state index contributed by atoms with van der Waals surface area (Å²) >= 11 is 7.41. The maximum atomic E-state index is 5.83. The lowest BCUT2D eigenvalue weighted by Gasteiger charge is -2.28. The van der Waals surface area contributed by atoms with Crippen LogP contribution in [-0.2, 0) is 4.74 Å². The summed E-state index contributed by atoms with van der Waals surface area (Å²) in [5.74, 6) is 0. The van der Waals surface area contributed by atoms with Crippen LogP contribution < -0.4 is 5.32 Å². The van der Waals surface area contributed by atoms with Gasteiger partial charge in [0, 0.05) is 24.2 Å². The molecule has 2 aliphatic rings. The van der Waals surface area contributed by atoms with Crippen LogP contribution in [0.4, 0.5) is 0 Å². The zero-order chi connectivity index (χ0) is 15.6. The number of ether oxygens (including phenoxy) is 1. The Hall–Kier alpha value is -1.50. The minimum atomic E-state index is 0.0868. The van der Waals surface area contributed by atoms with Crippen molar-refractivity contribution in [3.63, 3.8) is 0 Å². The van der Waals surface area contributed by atoms with Gasteiger partial charge in [-0.1, -0.05) is 12.1 Å². The molecule has 2 aliphatic heterocycles. The van der Waals surface area contributed by atoms with Crippen LogP contribution in [0.15, 0.2) is 41.9 Å². The van der Waals surface area contributed by atoms with Crippen LogP contribution in [0.2, 0.25) is 0 Å². The molecule has 2 fully saturated rings. The van der Waals surface area contributed by atoms with Gasteiger partial charge in [-0.3, -0.25) is 4.98 Å². The molecule has 2 aromatic heterocycles. The Morgan fingerprint density at radius 1 is 1.35 bits per heavy atom. The Morgan fingerprint density at radius 3 is 3.00 bits per heavy atom. The summed E-state index contributed by atoms with van der Waals surface area (Å²) in [6.07, 6.45) is 4.38. The van der Waals surface area contributed by atoms with Crippen LogP contribution in [0.3, 0.4) is 0 Å². The Kier molecular flexibility index (Phi) is 4.29. The van der Waals surface area contributed by atoms with E-state index in [9.17, 15) is 0 Å². The molecule has 0 aliphatic carbocycles. The number of rotatable bonds is 4. The van der Waals surface area contributed by atoms with Gasteiger partial charge in [0.2, 0.25) is 0 Å². The van der Waals surface area contributed by atoms with Crippen molar-refractivity contribution in [2.45, 2.75) is 31.0 Å². The third-order valence-electron chi connectivity index (χ3n) is 4.46. The highest BCUT2D eigenvalue weighted by Gasteiger charge is 2.41. The maximum absolute atomic E-state index is 5.83. The van der Waals surface area contributed by atoms with Gasteiger partial charge in [0.1, 0.15) is 0 Å². The average molecular weight is 345 g/mol. The largest absolute Gasteiger partial charge is 0.376 e. The second kappa shape index (κ2) is 6.55. The second-order valence-corrected chi connectivity index (χ2v) is 7.30. The summed E-state index contributed by atoms with van der Waals surface area (Å²) in [6.45, 7) is 1.71. The predicted molar refractivity (Wildman–Crippen MR) is 95.5 cm³/mol. The number of nitrogens with zero attached hydrogens (tertiary/aromatic N) is 2. The lowest BCUT2D eigenvalue weighted by Crippen LogP contribution is -2.36. The van der Waals surface area contributed by atoms with Crippen LogP contribution in [0.1, 0.15) is 35.5 Å². The summed E-state index contributed by atoms with van der Waals surface area (Å²) in [4.78, 5) is 8.15. The molecule has 1 N–H and O–H groups in total. The fraction of sp³-hybridized carbons (Fsp3) is 0.412. The number of thiocarbonyl (C=S) groups is 1. The topological polar surface area (TPSA) is 37.4 Å². The van der Waals surface area contributed by atoms with Crippen molar-refractivity contribution in [1.29, 1.82) is 0 Å². The standard InChI is InChI=1S/C17H19N3OS2/c22-17-19-15(13-6-1-2-8-18-13)16(14-7-4-10-23-14)20(17)11-12-5-3-9-21-12/h1-2,4,6-8,10,12,15-16H,3,5,9,11H2,(H,19,22). The summed E-state index contributed by atoms with van der Waals surface area (Å²) in [5.41, 5.74) is 1.03. The molecule has 0 radical (unpaired) electrons. The summed E-state index contributed by atoms with van der Waals surface area (Å²) < 4.78 is 5.83. The monoisotopic (exact) mass is 345 g/mol. The molecule has 2 aromatic rings. The van der Waals surface area contributed by atoms with E-state index in [4.69, 9.17) is 17.0 Å². The van der Waals surface area contributed by atoms with Gasteiger partial charge >= 0.3 is 0 Å². The van der Waals surface area contributed by atoms with Crippen molar-refractivity contribution >= 4 is 28.7 Å². The van der Waals surface area contributed by atoms with E-state index in [1.165, 1.54) is 4.88 Å². The fourth-order valence-electron chi connectivity index (χ4n) is 3.38. The van der Waals surface area contributed by atoms with Gasteiger partial charge in [-0.25, -0.2) is 0 Å². The Balaban J connectivity index is 1.66. The summed E-state index contributed by atoms with van der Waals surface area (Å²) in [6, 6.07) is 10.6. The highest BCUT2D eigenvalue weighted by molar-refractivity contribution is 7.80. The van der Waals surface area contributed by atoms with Crippen molar-refractivity contribution in [2.24, 2.45) is 0 Å². The molecule has 23 heavy (non-hydrogen) atoms. The zero-order valence-electron chi connectivity index (χ0n) is 12.7.